The Bertz CT molecular complexity index is 586. The minimum absolute atomic E-state index is 0.494. The van der Waals surface area contributed by atoms with Gasteiger partial charge in [0, 0.05) is 23.5 Å². The van der Waals surface area contributed by atoms with E-state index in [1.54, 1.807) is 6.20 Å². The van der Waals surface area contributed by atoms with Gasteiger partial charge in [0.25, 0.3) is 0 Å². The maximum atomic E-state index is 5.82. The van der Waals surface area contributed by atoms with E-state index in [2.05, 4.69) is 41.1 Å². The molecule has 0 bridgehead atoms. The zero-order valence-corrected chi connectivity index (χ0v) is 12.6. The molecule has 3 heteroatoms. The summed E-state index contributed by atoms with van der Waals surface area (Å²) in [7, 11) is 0. The molecule has 1 fully saturated rings. The molecule has 0 saturated carbocycles. The quantitative estimate of drug-likeness (QED) is 0.928. The molecule has 1 unspecified atom stereocenters. The van der Waals surface area contributed by atoms with Crippen molar-refractivity contribution in [3.05, 3.63) is 48.2 Å². The molecule has 1 atom stereocenters. The van der Waals surface area contributed by atoms with Gasteiger partial charge in [-0.2, -0.15) is 0 Å². The van der Waals surface area contributed by atoms with E-state index in [9.17, 15) is 0 Å². The van der Waals surface area contributed by atoms with Crippen LogP contribution in [0.2, 0.25) is 0 Å². The Labute approximate surface area is 126 Å². The molecular weight excluding hydrogens is 258 g/mol. The molecule has 1 aromatic carbocycles. The van der Waals surface area contributed by atoms with Crippen LogP contribution >= 0.6 is 0 Å². The largest absolute Gasteiger partial charge is 0.399 e. The second kappa shape index (κ2) is 6.27. The summed E-state index contributed by atoms with van der Waals surface area (Å²) in [6.45, 7) is 4.75. The van der Waals surface area contributed by atoms with Crippen molar-refractivity contribution in [1.29, 1.82) is 0 Å². The van der Waals surface area contributed by atoms with Gasteiger partial charge in [-0.05, 0) is 50.6 Å². The third-order valence-electron chi connectivity index (χ3n) is 4.41. The van der Waals surface area contributed by atoms with E-state index in [-0.39, 0.29) is 0 Å². The number of rotatable bonds is 3. The second-order valence-electron chi connectivity index (χ2n) is 5.87. The second-order valence-corrected chi connectivity index (χ2v) is 5.87. The maximum absolute atomic E-state index is 5.82. The number of hydrogen-bond donors (Lipinski definition) is 1. The molecule has 0 aliphatic carbocycles. The van der Waals surface area contributed by atoms with E-state index >= 15 is 0 Å². The lowest BCUT2D eigenvalue weighted by atomic mass is 10.0. The highest BCUT2D eigenvalue weighted by atomic mass is 15.2. The van der Waals surface area contributed by atoms with Crippen LogP contribution in [0.1, 0.15) is 37.8 Å². The zero-order chi connectivity index (χ0) is 14.7. The highest BCUT2D eigenvalue weighted by molar-refractivity contribution is 5.63. The Morgan fingerprint density at radius 3 is 2.43 bits per heavy atom. The molecule has 0 amide bonds. The third kappa shape index (κ3) is 3.24. The number of nitrogens with zero attached hydrogens (tertiary/aromatic N) is 2. The number of aromatic nitrogens is 1. The van der Waals surface area contributed by atoms with E-state index in [0.717, 1.165) is 16.9 Å². The van der Waals surface area contributed by atoms with Crippen molar-refractivity contribution in [3.8, 4) is 11.3 Å². The van der Waals surface area contributed by atoms with Gasteiger partial charge in [-0.25, -0.2) is 0 Å². The first-order valence-electron chi connectivity index (χ1n) is 7.80. The van der Waals surface area contributed by atoms with Crippen LogP contribution in [0.3, 0.4) is 0 Å². The van der Waals surface area contributed by atoms with Crippen LogP contribution in [-0.4, -0.2) is 23.0 Å². The first-order chi connectivity index (χ1) is 10.2. The minimum atomic E-state index is 0.494. The van der Waals surface area contributed by atoms with Crippen LogP contribution in [-0.2, 0) is 0 Å². The fourth-order valence-electron chi connectivity index (χ4n) is 3.05. The van der Waals surface area contributed by atoms with Gasteiger partial charge in [0.2, 0.25) is 0 Å². The highest BCUT2D eigenvalue weighted by Gasteiger charge is 2.17. The summed E-state index contributed by atoms with van der Waals surface area (Å²) < 4.78 is 0. The summed E-state index contributed by atoms with van der Waals surface area (Å²) in [6, 6.07) is 13.0. The van der Waals surface area contributed by atoms with Gasteiger partial charge < -0.3 is 5.73 Å². The first kappa shape index (κ1) is 14.1. The SMILES string of the molecule is CC(c1ccc(-c2cc(N)ccn2)cc1)N1CCCCC1. The van der Waals surface area contributed by atoms with Crippen LogP contribution in [0.15, 0.2) is 42.6 Å². The van der Waals surface area contributed by atoms with E-state index in [1.807, 2.05) is 12.1 Å². The Morgan fingerprint density at radius 2 is 1.76 bits per heavy atom. The number of benzene rings is 1. The summed E-state index contributed by atoms with van der Waals surface area (Å²) in [4.78, 5) is 6.96. The smallest absolute Gasteiger partial charge is 0.0722 e. The van der Waals surface area contributed by atoms with Gasteiger partial charge in [0.05, 0.1) is 5.69 Å². The lowest BCUT2D eigenvalue weighted by Crippen LogP contribution is -2.32. The van der Waals surface area contributed by atoms with Crippen LogP contribution in [0.5, 0.6) is 0 Å². The van der Waals surface area contributed by atoms with Crippen LogP contribution < -0.4 is 5.73 Å². The molecule has 2 heterocycles. The first-order valence-corrected chi connectivity index (χ1v) is 7.80. The molecule has 1 saturated heterocycles. The fraction of sp³-hybridized carbons (Fsp3) is 0.389. The molecule has 2 aromatic rings. The number of likely N-dealkylation sites (tertiary alicyclic amines) is 1. The predicted molar refractivity (Wildman–Crippen MR) is 87.9 cm³/mol. The number of pyridine rings is 1. The summed E-state index contributed by atoms with van der Waals surface area (Å²) >= 11 is 0. The highest BCUT2D eigenvalue weighted by Crippen LogP contribution is 2.26. The Morgan fingerprint density at radius 1 is 1.05 bits per heavy atom. The van der Waals surface area contributed by atoms with Crippen molar-refractivity contribution >= 4 is 5.69 Å². The molecule has 2 N–H and O–H groups in total. The van der Waals surface area contributed by atoms with Gasteiger partial charge in [0.1, 0.15) is 0 Å². The fourth-order valence-corrected chi connectivity index (χ4v) is 3.05. The number of nitrogens with two attached hydrogens (primary N) is 1. The van der Waals surface area contributed by atoms with Gasteiger partial charge in [-0.3, -0.25) is 9.88 Å². The monoisotopic (exact) mass is 281 g/mol. The Balaban J connectivity index is 1.77. The number of nitrogen functional groups attached to an aromatic ring is 1. The van der Waals surface area contributed by atoms with E-state index in [0.29, 0.717) is 6.04 Å². The van der Waals surface area contributed by atoms with Gasteiger partial charge >= 0.3 is 0 Å². The molecule has 0 spiro atoms. The van der Waals surface area contributed by atoms with Crippen LogP contribution in [0, 0.1) is 0 Å². The zero-order valence-electron chi connectivity index (χ0n) is 12.6. The third-order valence-corrected chi connectivity index (χ3v) is 4.41. The average molecular weight is 281 g/mol. The van der Waals surface area contributed by atoms with Gasteiger partial charge in [-0.15, -0.1) is 0 Å². The minimum Gasteiger partial charge on any atom is -0.399 e. The molecular formula is C18H23N3. The van der Waals surface area contributed by atoms with Crippen molar-refractivity contribution in [1.82, 2.24) is 9.88 Å². The summed E-state index contributed by atoms with van der Waals surface area (Å²) in [5, 5.41) is 0. The van der Waals surface area contributed by atoms with Gasteiger partial charge in [0.15, 0.2) is 0 Å². The molecule has 3 rings (SSSR count). The van der Waals surface area contributed by atoms with Crippen molar-refractivity contribution in [2.45, 2.75) is 32.2 Å². The van der Waals surface area contributed by atoms with E-state index in [1.165, 1.54) is 37.9 Å². The maximum Gasteiger partial charge on any atom is 0.0722 e. The predicted octanol–water partition coefficient (Wildman–Crippen LogP) is 3.88. The molecule has 0 radical (unpaired) electrons. The molecule has 1 aromatic heterocycles. The number of piperidine rings is 1. The molecule has 110 valence electrons. The Kier molecular flexibility index (Phi) is 4.20. The lowest BCUT2D eigenvalue weighted by molar-refractivity contribution is 0.175. The van der Waals surface area contributed by atoms with Crippen LogP contribution in [0.25, 0.3) is 11.3 Å². The van der Waals surface area contributed by atoms with Gasteiger partial charge in [-0.1, -0.05) is 30.7 Å². The normalized spacial score (nSPS) is 17.6. The van der Waals surface area contributed by atoms with E-state index in [4.69, 9.17) is 5.73 Å². The van der Waals surface area contributed by atoms with Crippen molar-refractivity contribution < 1.29 is 0 Å². The topological polar surface area (TPSA) is 42.1 Å². The summed E-state index contributed by atoms with van der Waals surface area (Å²) in [5.41, 5.74) is 10.0. The lowest BCUT2D eigenvalue weighted by Gasteiger charge is -2.32. The summed E-state index contributed by atoms with van der Waals surface area (Å²) in [6.07, 6.45) is 5.80. The Hall–Kier alpha value is -1.87. The molecule has 3 nitrogen and oxygen atoms in total. The van der Waals surface area contributed by atoms with E-state index < -0.39 is 0 Å². The number of hydrogen-bond acceptors (Lipinski definition) is 3. The number of anilines is 1. The molecule has 1 aliphatic rings. The average Bonchev–Trinajstić information content (AvgIpc) is 2.55. The molecule has 1 aliphatic heterocycles. The van der Waals surface area contributed by atoms with Crippen LogP contribution in [0.4, 0.5) is 5.69 Å². The van der Waals surface area contributed by atoms with Crippen molar-refractivity contribution in [2.24, 2.45) is 0 Å². The van der Waals surface area contributed by atoms with Crippen molar-refractivity contribution in [3.63, 3.8) is 0 Å². The van der Waals surface area contributed by atoms with Crippen molar-refractivity contribution in [2.75, 3.05) is 18.8 Å². The molecule has 21 heavy (non-hydrogen) atoms. The summed E-state index contributed by atoms with van der Waals surface area (Å²) in [5.74, 6) is 0. The standard InChI is InChI=1S/C18H23N3/c1-14(21-11-3-2-4-12-21)15-5-7-16(8-6-15)18-13-17(19)9-10-20-18/h5-10,13-14H,2-4,11-12H2,1H3,(H2,19,20).